The second kappa shape index (κ2) is 33.0. The minimum atomic E-state index is 0.833. The molecule has 0 aromatic heterocycles. The number of allylic oxidation sites excluding steroid dienone is 10. The molecule has 5 rings (SSSR count). The Bertz CT molecular complexity index is 1920. The van der Waals surface area contributed by atoms with E-state index in [2.05, 4.69) is 229 Å². The predicted molar refractivity (Wildman–Crippen MR) is 275 cm³/mol. The lowest BCUT2D eigenvalue weighted by Gasteiger charge is -2.14. The van der Waals surface area contributed by atoms with Crippen LogP contribution >= 0.6 is 22.6 Å². The van der Waals surface area contributed by atoms with Crippen molar-refractivity contribution in [2.24, 2.45) is 5.92 Å². The predicted octanol–water partition coefficient (Wildman–Crippen LogP) is 18.4. The Balaban J connectivity index is 0.000000866. The molecular formula is C57H71I. The zero-order valence-electron chi connectivity index (χ0n) is 37.7. The van der Waals surface area contributed by atoms with Crippen molar-refractivity contribution in [1.82, 2.24) is 0 Å². The summed E-state index contributed by atoms with van der Waals surface area (Å²) < 4.78 is 1.24. The van der Waals surface area contributed by atoms with Crippen LogP contribution in [0.25, 0.3) is 20.3 Å². The number of halogens is 1. The van der Waals surface area contributed by atoms with E-state index >= 15 is 0 Å². The van der Waals surface area contributed by atoms with Crippen molar-refractivity contribution in [2.75, 3.05) is 0 Å². The van der Waals surface area contributed by atoms with Crippen molar-refractivity contribution in [3.63, 3.8) is 0 Å². The van der Waals surface area contributed by atoms with Crippen LogP contribution < -0.4 is 0 Å². The number of aryl methyl sites for hydroxylation is 2. The van der Waals surface area contributed by atoms with Crippen LogP contribution in [0.2, 0.25) is 0 Å². The van der Waals surface area contributed by atoms with Crippen molar-refractivity contribution in [1.29, 1.82) is 0 Å². The minimum absolute atomic E-state index is 0.833. The summed E-state index contributed by atoms with van der Waals surface area (Å²) in [6.07, 6.45) is 13.7. The number of hydrogen-bond acceptors (Lipinski definition) is 0. The topological polar surface area (TPSA) is 0 Å². The third-order valence-corrected chi connectivity index (χ3v) is 8.99. The van der Waals surface area contributed by atoms with Crippen LogP contribution in [-0.2, 0) is 0 Å². The van der Waals surface area contributed by atoms with Gasteiger partial charge >= 0.3 is 0 Å². The van der Waals surface area contributed by atoms with Gasteiger partial charge in [-0.15, -0.1) is 0 Å². The van der Waals surface area contributed by atoms with E-state index in [4.69, 9.17) is 0 Å². The van der Waals surface area contributed by atoms with E-state index in [1.54, 1.807) is 6.08 Å². The highest BCUT2D eigenvalue weighted by Gasteiger charge is 2.13. The Morgan fingerprint density at radius 1 is 0.517 bits per heavy atom. The SMILES string of the molecule is C=C/C=C(\C=C/C)C(=C(\I)c1ccc(C)cc1)/c1ccccc1.C=C/C=C\C.CC.CC.CC(=C(c1ccccc1)c1ccccc1)c1ccc(C)cc1.CC(C)C. The molecule has 0 N–H and O–H groups in total. The second-order valence-electron chi connectivity index (χ2n) is 13.4. The second-order valence-corrected chi connectivity index (χ2v) is 14.4. The molecule has 0 aliphatic rings. The van der Waals surface area contributed by atoms with Crippen molar-refractivity contribution in [2.45, 2.75) is 83.1 Å². The molecule has 1 heteroatoms. The molecule has 5 aromatic rings. The van der Waals surface area contributed by atoms with Crippen LogP contribution in [0.15, 0.2) is 201 Å². The lowest BCUT2D eigenvalue weighted by Crippen LogP contribution is -1.92. The normalized spacial score (nSPS) is 10.7. The van der Waals surface area contributed by atoms with Crippen molar-refractivity contribution >= 4 is 42.9 Å². The molecule has 0 nitrogen and oxygen atoms in total. The summed E-state index contributed by atoms with van der Waals surface area (Å²) in [5.41, 5.74) is 13.8. The van der Waals surface area contributed by atoms with Crippen LogP contribution in [0.3, 0.4) is 0 Å². The molecule has 0 aliphatic carbocycles. The van der Waals surface area contributed by atoms with Crippen LogP contribution in [0, 0.1) is 19.8 Å². The van der Waals surface area contributed by atoms with Gasteiger partial charge in [0.25, 0.3) is 0 Å². The molecule has 58 heavy (non-hydrogen) atoms. The molecule has 5 aromatic carbocycles. The van der Waals surface area contributed by atoms with Gasteiger partial charge in [-0.05, 0) is 108 Å². The fourth-order valence-corrected chi connectivity index (χ4v) is 6.27. The zero-order valence-corrected chi connectivity index (χ0v) is 39.8. The van der Waals surface area contributed by atoms with Gasteiger partial charge in [0.05, 0.1) is 0 Å². The van der Waals surface area contributed by atoms with E-state index in [9.17, 15) is 0 Å². The number of hydrogen-bond donors (Lipinski definition) is 0. The van der Waals surface area contributed by atoms with E-state index in [0.717, 1.165) is 5.92 Å². The first-order valence-corrected chi connectivity index (χ1v) is 21.8. The lowest BCUT2D eigenvalue weighted by molar-refractivity contribution is 0.737. The highest BCUT2D eigenvalue weighted by atomic mass is 127. The molecule has 0 bridgehead atoms. The Kier molecular flexibility index (Phi) is 30.2. The van der Waals surface area contributed by atoms with Crippen LogP contribution in [-0.4, -0.2) is 0 Å². The summed E-state index contributed by atoms with van der Waals surface area (Å²) in [7, 11) is 0. The van der Waals surface area contributed by atoms with E-state index in [0.29, 0.717) is 0 Å². The Morgan fingerprint density at radius 3 is 1.22 bits per heavy atom. The zero-order chi connectivity index (χ0) is 43.7. The van der Waals surface area contributed by atoms with Gasteiger partial charge in [-0.1, -0.05) is 255 Å². The molecule has 0 fully saturated rings. The van der Waals surface area contributed by atoms with Gasteiger partial charge in [-0.3, -0.25) is 0 Å². The van der Waals surface area contributed by atoms with Gasteiger partial charge in [0.1, 0.15) is 0 Å². The molecule has 0 aliphatic heterocycles. The molecule has 0 unspecified atom stereocenters. The Labute approximate surface area is 369 Å². The molecule has 0 radical (unpaired) electrons. The van der Waals surface area contributed by atoms with Crippen LogP contribution in [0.1, 0.15) is 108 Å². The summed E-state index contributed by atoms with van der Waals surface area (Å²) in [4.78, 5) is 0. The Hall–Kier alpha value is -4.99. The first-order chi connectivity index (χ1) is 28.1. The maximum Gasteiger partial charge on any atom is 0.0287 e. The molecule has 0 amide bonds. The third kappa shape index (κ3) is 20.4. The van der Waals surface area contributed by atoms with Crippen molar-refractivity contribution in [3.8, 4) is 0 Å². The molecular weight excluding hydrogens is 812 g/mol. The van der Waals surface area contributed by atoms with Crippen molar-refractivity contribution < 1.29 is 0 Å². The maximum absolute atomic E-state index is 3.87. The fourth-order valence-electron chi connectivity index (χ4n) is 5.29. The molecule has 306 valence electrons. The minimum Gasteiger partial charge on any atom is -0.0991 e. The summed E-state index contributed by atoms with van der Waals surface area (Å²) in [6.45, 7) is 32.3. The first kappa shape index (κ1) is 53.0. The van der Waals surface area contributed by atoms with Gasteiger partial charge < -0.3 is 0 Å². The smallest absolute Gasteiger partial charge is 0.0287 e. The first-order valence-electron chi connectivity index (χ1n) is 20.7. The van der Waals surface area contributed by atoms with Gasteiger partial charge in [-0.2, -0.15) is 0 Å². The van der Waals surface area contributed by atoms with Gasteiger partial charge in [-0.25, -0.2) is 0 Å². The summed E-state index contributed by atoms with van der Waals surface area (Å²) in [6, 6.07) is 49.2. The summed E-state index contributed by atoms with van der Waals surface area (Å²) in [5, 5.41) is 0. The summed E-state index contributed by atoms with van der Waals surface area (Å²) in [5.74, 6) is 0.833. The molecule has 0 saturated heterocycles. The van der Waals surface area contributed by atoms with Crippen molar-refractivity contribution in [3.05, 3.63) is 240 Å². The van der Waals surface area contributed by atoms with E-state index in [-0.39, 0.29) is 0 Å². The molecule has 0 heterocycles. The highest BCUT2D eigenvalue weighted by molar-refractivity contribution is 14.1. The fraction of sp³-hybridized carbons (Fsp3) is 0.228. The Morgan fingerprint density at radius 2 is 0.897 bits per heavy atom. The standard InChI is InChI=1S/C22H21I.C22H20.C5H8.C4H10.2C2H6/c1-4-9-18(10-5-2)21(19-11-7-6-8-12-19)22(23)20-15-13-17(3)14-16-20;1-17-13-15-19(16-14-17)18(2)22(20-9-5-3-6-10-20)21-11-7-4-8-12-21;1-3-5-4-2;1-4(2)3;2*1-2/h4-16H,1H2,2-3H3;3-16H,1-2H3;3-5H,1H2,2H3;4H,1-3H3;2*1-2H3/b10-5-,18-9+,22-21+;;5-4-;;;. The number of rotatable bonds is 9. The average molecular weight is 883 g/mol. The molecule has 0 spiro atoms. The van der Waals surface area contributed by atoms with Crippen LogP contribution in [0.4, 0.5) is 0 Å². The molecule has 0 atom stereocenters. The van der Waals surface area contributed by atoms with Gasteiger partial charge in [0, 0.05) is 9.15 Å². The monoisotopic (exact) mass is 882 g/mol. The quantitative estimate of drug-likeness (QED) is 0.0786. The number of benzene rings is 5. The maximum atomic E-state index is 3.87. The van der Waals surface area contributed by atoms with E-state index < -0.39 is 0 Å². The van der Waals surface area contributed by atoms with Crippen LogP contribution in [0.5, 0.6) is 0 Å². The largest absolute Gasteiger partial charge is 0.0991 e. The molecule has 0 saturated carbocycles. The third-order valence-electron chi connectivity index (χ3n) is 7.83. The highest BCUT2D eigenvalue weighted by Crippen LogP contribution is 2.37. The van der Waals surface area contributed by atoms with E-state index in [1.807, 2.05) is 65.8 Å². The van der Waals surface area contributed by atoms with E-state index in [1.165, 1.54) is 64.8 Å². The van der Waals surface area contributed by atoms with Gasteiger partial charge in [0.15, 0.2) is 0 Å². The summed E-state index contributed by atoms with van der Waals surface area (Å²) >= 11 is 2.45. The lowest BCUT2D eigenvalue weighted by atomic mass is 9.90. The average Bonchev–Trinajstić information content (AvgIpc) is 3.25. The van der Waals surface area contributed by atoms with Gasteiger partial charge in [0.2, 0.25) is 0 Å².